The molecule has 0 bridgehead atoms. The van der Waals surface area contributed by atoms with E-state index in [1.165, 1.54) is 12.2 Å². The van der Waals surface area contributed by atoms with E-state index in [0.717, 1.165) is 0 Å². The van der Waals surface area contributed by atoms with Gasteiger partial charge in [0.25, 0.3) is 5.91 Å². The van der Waals surface area contributed by atoms with Gasteiger partial charge < -0.3 is 9.47 Å². The summed E-state index contributed by atoms with van der Waals surface area (Å²) in [6.07, 6.45) is 2.30. The number of ether oxygens (including phenoxy) is 2. The molecule has 0 spiro atoms. The molecule has 0 rings (SSSR count). The third-order valence-corrected chi connectivity index (χ3v) is 2.59. The molecule has 0 aromatic carbocycles. The van der Waals surface area contributed by atoms with E-state index in [0.29, 0.717) is 0 Å². The van der Waals surface area contributed by atoms with Crippen molar-refractivity contribution in [1.29, 1.82) is 0 Å². The van der Waals surface area contributed by atoms with Crippen molar-refractivity contribution < 1.29 is 28.7 Å². The van der Waals surface area contributed by atoms with Crippen molar-refractivity contribution in [3.05, 3.63) is 25.3 Å². The van der Waals surface area contributed by atoms with E-state index in [4.69, 9.17) is 14.3 Å². The van der Waals surface area contributed by atoms with Crippen LogP contribution in [-0.2, 0) is 28.7 Å². The van der Waals surface area contributed by atoms with Crippen LogP contribution in [0.2, 0.25) is 0 Å². The zero-order valence-corrected chi connectivity index (χ0v) is 14.1. The summed E-state index contributed by atoms with van der Waals surface area (Å²) in [7, 11) is 0. The quantitative estimate of drug-likeness (QED) is 0.300. The van der Waals surface area contributed by atoms with Crippen LogP contribution in [0.4, 0.5) is 0 Å². The topological polar surface area (TPSA) is 90.9 Å². The lowest BCUT2D eigenvalue weighted by Crippen LogP contribution is -2.54. The van der Waals surface area contributed by atoms with Crippen LogP contribution < -0.4 is 5.48 Å². The van der Waals surface area contributed by atoms with Gasteiger partial charge >= 0.3 is 11.9 Å². The van der Waals surface area contributed by atoms with Crippen LogP contribution in [0.3, 0.4) is 0 Å². The Balaban J connectivity index is 5.65. The van der Waals surface area contributed by atoms with Crippen molar-refractivity contribution >= 4 is 17.8 Å². The van der Waals surface area contributed by atoms with E-state index in [1.54, 1.807) is 27.7 Å². The van der Waals surface area contributed by atoms with Gasteiger partial charge in [-0.25, -0.2) is 5.48 Å². The summed E-state index contributed by atoms with van der Waals surface area (Å²) >= 11 is 0. The number of carbonyl (C=O) groups is 3. The van der Waals surface area contributed by atoms with Crippen LogP contribution in [0.25, 0.3) is 0 Å². The third-order valence-electron chi connectivity index (χ3n) is 2.59. The van der Waals surface area contributed by atoms with Crippen molar-refractivity contribution in [2.45, 2.75) is 39.7 Å². The molecule has 0 aliphatic rings. The van der Waals surface area contributed by atoms with Gasteiger partial charge in [-0.1, -0.05) is 18.7 Å². The average Bonchev–Trinajstić information content (AvgIpc) is 2.47. The standard InChI is InChI=1S/C16H25NO6/c1-7-10-16(13(19)21-9-3,14(20)22-11-8-2)12(18)17-23-15(4,5)6/h7-8H,1-2,9-11H2,3-6H3,(H,17,18). The smallest absolute Gasteiger partial charge is 0.334 e. The lowest BCUT2D eigenvalue weighted by molar-refractivity contribution is -0.182. The lowest BCUT2D eigenvalue weighted by Gasteiger charge is -2.28. The van der Waals surface area contributed by atoms with Gasteiger partial charge in [-0.15, -0.1) is 6.58 Å². The van der Waals surface area contributed by atoms with Gasteiger partial charge in [0, 0.05) is 6.42 Å². The minimum atomic E-state index is -2.22. The molecular weight excluding hydrogens is 302 g/mol. The van der Waals surface area contributed by atoms with Gasteiger partial charge in [0.05, 0.1) is 12.2 Å². The van der Waals surface area contributed by atoms with E-state index < -0.39 is 28.9 Å². The molecule has 0 fully saturated rings. The maximum absolute atomic E-state index is 12.5. The van der Waals surface area contributed by atoms with Gasteiger partial charge in [-0.3, -0.25) is 19.2 Å². The predicted molar refractivity (Wildman–Crippen MR) is 84.0 cm³/mol. The molecule has 0 saturated carbocycles. The minimum absolute atomic E-state index is 0.000126. The summed E-state index contributed by atoms with van der Waals surface area (Å²) in [5.41, 5.74) is -0.798. The first kappa shape index (κ1) is 20.9. The number of allylic oxidation sites excluding steroid dienone is 1. The third kappa shape index (κ3) is 5.86. The Morgan fingerprint density at radius 2 is 1.61 bits per heavy atom. The largest absolute Gasteiger partial charge is 0.465 e. The zero-order valence-electron chi connectivity index (χ0n) is 14.1. The molecule has 23 heavy (non-hydrogen) atoms. The second-order valence-corrected chi connectivity index (χ2v) is 5.65. The molecule has 1 N–H and O–H groups in total. The number of esters is 2. The van der Waals surface area contributed by atoms with Crippen LogP contribution in [0, 0.1) is 5.41 Å². The highest BCUT2D eigenvalue weighted by molar-refractivity contribution is 6.19. The molecule has 0 radical (unpaired) electrons. The maximum atomic E-state index is 12.5. The molecule has 0 aromatic heterocycles. The number of amides is 1. The van der Waals surface area contributed by atoms with Gasteiger partial charge in [0.2, 0.25) is 5.41 Å². The predicted octanol–water partition coefficient (Wildman–Crippen LogP) is 1.69. The Morgan fingerprint density at radius 1 is 1.04 bits per heavy atom. The molecule has 0 aliphatic heterocycles. The highest BCUT2D eigenvalue weighted by Gasteiger charge is 2.55. The summed E-state index contributed by atoms with van der Waals surface area (Å²) in [6, 6.07) is 0. The number of carbonyl (C=O) groups excluding carboxylic acids is 3. The lowest BCUT2D eigenvalue weighted by atomic mass is 9.83. The van der Waals surface area contributed by atoms with Gasteiger partial charge in [0.1, 0.15) is 6.61 Å². The molecule has 1 amide bonds. The highest BCUT2D eigenvalue weighted by Crippen LogP contribution is 2.28. The summed E-state index contributed by atoms with van der Waals surface area (Å²) in [5.74, 6) is -3.05. The van der Waals surface area contributed by atoms with Crippen molar-refractivity contribution in [1.82, 2.24) is 5.48 Å². The SMILES string of the molecule is C=CCOC(=O)C(CC=C)(C(=O)NOC(C)(C)C)C(=O)OCC. The number of hydrogen-bond donors (Lipinski definition) is 1. The van der Waals surface area contributed by atoms with E-state index >= 15 is 0 Å². The van der Waals surface area contributed by atoms with Gasteiger partial charge in [-0.2, -0.15) is 0 Å². The molecule has 0 aliphatic carbocycles. The van der Waals surface area contributed by atoms with Crippen LogP contribution in [0.15, 0.2) is 25.3 Å². The molecule has 0 saturated heterocycles. The number of rotatable bonds is 9. The normalized spacial score (nSPS) is 13.4. The first-order valence-electron chi connectivity index (χ1n) is 7.20. The Hall–Kier alpha value is -2.15. The molecule has 0 heterocycles. The average molecular weight is 327 g/mol. The Bertz CT molecular complexity index is 466. The number of hydrogen-bond acceptors (Lipinski definition) is 6. The Morgan fingerprint density at radius 3 is 2.04 bits per heavy atom. The Kier molecular flexibility index (Phi) is 8.24. The van der Waals surface area contributed by atoms with E-state index in [-0.39, 0.29) is 19.6 Å². The van der Waals surface area contributed by atoms with Crippen LogP contribution in [0.5, 0.6) is 0 Å². The van der Waals surface area contributed by atoms with Gasteiger partial charge in [0.15, 0.2) is 0 Å². The van der Waals surface area contributed by atoms with E-state index in [9.17, 15) is 14.4 Å². The molecule has 7 heteroatoms. The summed E-state index contributed by atoms with van der Waals surface area (Å²) in [5, 5.41) is 0. The summed E-state index contributed by atoms with van der Waals surface area (Å²) in [6.45, 7) is 13.4. The molecule has 7 nitrogen and oxygen atoms in total. The maximum Gasteiger partial charge on any atom is 0.334 e. The van der Waals surface area contributed by atoms with Crippen molar-refractivity contribution in [3.8, 4) is 0 Å². The van der Waals surface area contributed by atoms with E-state index in [1.807, 2.05) is 0 Å². The molecule has 1 atom stereocenters. The minimum Gasteiger partial charge on any atom is -0.465 e. The van der Waals surface area contributed by atoms with Crippen LogP contribution in [0.1, 0.15) is 34.1 Å². The Labute approximate surface area is 136 Å². The van der Waals surface area contributed by atoms with Crippen LogP contribution in [-0.4, -0.2) is 36.7 Å². The highest BCUT2D eigenvalue weighted by atomic mass is 16.7. The first-order valence-corrected chi connectivity index (χ1v) is 7.20. The zero-order chi connectivity index (χ0) is 18.1. The fraction of sp³-hybridized carbons (Fsp3) is 0.562. The summed E-state index contributed by atoms with van der Waals surface area (Å²) in [4.78, 5) is 42.3. The second kappa shape index (κ2) is 9.09. The fourth-order valence-electron chi connectivity index (χ4n) is 1.54. The van der Waals surface area contributed by atoms with Crippen molar-refractivity contribution in [2.24, 2.45) is 5.41 Å². The first-order chi connectivity index (χ1) is 10.7. The number of hydroxylamine groups is 1. The molecule has 130 valence electrons. The van der Waals surface area contributed by atoms with Crippen LogP contribution >= 0.6 is 0 Å². The van der Waals surface area contributed by atoms with Crippen molar-refractivity contribution in [3.63, 3.8) is 0 Å². The van der Waals surface area contributed by atoms with Gasteiger partial charge in [-0.05, 0) is 27.7 Å². The summed E-state index contributed by atoms with van der Waals surface area (Å²) < 4.78 is 9.79. The number of nitrogens with one attached hydrogen (secondary N) is 1. The van der Waals surface area contributed by atoms with Crippen molar-refractivity contribution in [2.75, 3.05) is 13.2 Å². The molecular formula is C16H25NO6. The molecule has 0 aromatic rings. The fourth-order valence-corrected chi connectivity index (χ4v) is 1.54. The monoisotopic (exact) mass is 327 g/mol. The second-order valence-electron chi connectivity index (χ2n) is 5.65. The van der Waals surface area contributed by atoms with E-state index in [2.05, 4.69) is 18.6 Å². The molecule has 1 unspecified atom stereocenters.